The van der Waals surface area contributed by atoms with Gasteiger partial charge in [0.05, 0.1) is 5.69 Å². The Balaban J connectivity index is 1.51. The number of rotatable bonds is 4. The van der Waals surface area contributed by atoms with E-state index in [2.05, 4.69) is 70.3 Å². The number of aryl methyl sites for hydroxylation is 2. The van der Waals surface area contributed by atoms with Gasteiger partial charge in [0, 0.05) is 25.1 Å². The molecule has 28 heavy (non-hydrogen) atoms. The molecule has 4 rings (SSSR count). The van der Waals surface area contributed by atoms with Crippen LogP contribution in [0.4, 0.5) is 0 Å². The molecular weight excluding hydrogens is 346 g/mol. The monoisotopic (exact) mass is 373 g/mol. The number of aromatic amines is 1. The number of H-pyrrole nitrogens is 1. The fourth-order valence-electron chi connectivity index (χ4n) is 4.24. The van der Waals surface area contributed by atoms with Gasteiger partial charge in [0.1, 0.15) is 5.82 Å². The highest BCUT2D eigenvalue weighted by molar-refractivity contribution is 5.67. The van der Waals surface area contributed by atoms with Crippen molar-refractivity contribution in [2.24, 2.45) is 0 Å². The van der Waals surface area contributed by atoms with Crippen LogP contribution in [0.2, 0.25) is 0 Å². The predicted molar refractivity (Wildman–Crippen MR) is 113 cm³/mol. The standard InChI is InChI=1S/C24H27N3O/c1-17-7-3-4-11-22(17)20-9-5-8-19(13-20)15-27-12-6-10-21(16-27)23-14-24(28)26-18(2)25-23/h3-5,7-9,11,13-14,21H,6,10,12,15-16H2,1-2H3,(H,25,26,28). The minimum absolute atomic E-state index is 0.0504. The van der Waals surface area contributed by atoms with Crippen molar-refractivity contribution in [3.8, 4) is 11.1 Å². The van der Waals surface area contributed by atoms with Crippen molar-refractivity contribution >= 4 is 0 Å². The number of nitrogens with one attached hydrogen (secondary N) is 1. The molecule has 3 aromatic rings. The van der Waals surface area contributed by atoms with Crippen molar-refractivity contribution in [2.45, 2.75) is 39.2 Å². The zero-order valence-electron chi connectivity index (χ0n) is 16.6. The molecule has 1 saturated heterocycles. The van der Waals surface area contributed by atoms with E-state index in [1.165, 1.54) is 22.3 Å². The van der Waals surface area contributed by atoms with Crippen LogP contribution in [0.3, 0.4) is 0 Å². The summed E-state index contributed by atoms with van der Waals surface area (Å²) in [6.07, 6.45) is 2.23. The van der Waals surface area contributed by atoms with Crippen LogP contribution in [-0.4, -0.2) is 28.0 Å². The van der Waals surface area contributed by atoms with Crippen molar-refractivity contribution < 1.29 is 0 Å². The minimum atomic E-state index is -0.0504. The molecule has 2 heterocycles. The second kappa shape index (κ2) is 8.11. The second-order valence-corrected chi connectivity index (χ2v) is 7.85. The van der Waals surface area contributed by atoms with E-state index in [9.17, 15) is 4.79 Å². The molecule has 1 aromatic heterocycles. The van der Waals surface area contributed by atoms with E-state index in [4.69, 9.17) is 0 Å². The van der Waals surface area contributed by atoms with Gasteiger partial charge in [0.25, 0.3) is 5.56 Å². The van der Waals surface area contributed by atoms with Crippen LogP contribution in [0, 0.1) is 13.8 Å². The molecule has 4 nitrogen and oxygen atoms in total. The van der Waals surface area contributed by atoms with Gasteiger partial charge in [0.15, 0.2) is 0 Å². The summed E-state index contributed by atoms with van der Waals surface area (Å²) in [6.45, 7) is 6.98. The van der Waals surface area contributed by atoms with Crippen LogP contribution in [0.15, 0.2) is 59.4 Å². The molecule has 0 amide bonds. The first-order valence-corrected chi connectivity index (χ1v) is 10.0. The normalized spacial score (nSPS) is 17.6. The maximum atomic E-state index is 11.8. The number of benzene rings is 2. The molecule has 0 saturated carbocycles. The van der Waals surface area contributed by atoms with E-state index in [1.54, 1.807) is 6.07 Å². The van der Waals surface area contributed by atoms with Crippen LogP contribution in [0.25, 0.3) is 11.1 Å². The molecule has 4 heteroatoms. The highest BCUT2D eigenvalue weighted by Crippen LogP contribution is 2.28. The maximum Gasteiger partial charge on any atom is 0.251 e. The Morgan fingerprint density at radius 3 is 2.79 bits per heavy atom. The Morgan fingerprint density at radius 1 is 1.11 bits per heavy atom. The molecule has 144 valence electrons. The Hall–Kier alpha value is -2.72. The van der Waals surface area contributed by atoms with Crippen LogP contribution in [0.1, 0.15) is 41.4 Å². The smallest absolute Gasteiger partial charge is 0.251 e. The third-order valence-electron chi connectivity index (χ3n) is 5.59. The van der Waals surface area contributed by atoms with Gasteiger partial charge in [-0.2, -0.15) is 0 Å². The number of aromatic nitrogens is 2. The second-order valence-electron chi connectivity index (χ2n) is 7.85. The van der Waals surface area contributed by atoms with Crippen LogP contribution in [0.5, 0.6) is 0 Å². The van der Waals surface area contributed by atoms with E-state index in [0.717, 1.165) is 38.2 Å². The van der Waals surface area contributed by atoms with E-state index in [-0.39, 0.29) is 5.56 Å². The SMILES string of the molecule is Cc1nc(C2CCCN(Cc3cccc(-c4ccccc4C)c3)C2)cc(=O)[nH]1. The molecule has 1 atom stereocenters. The Morgan fingerprint density at radius 2 is 1.96 bits per heavy atom. The van der Waals surface area contributed by atoms with Gasteiger partial charge in [-0.15, -0.1) is 0 Å². The van der Waals surface area contributed by atoms with Gasteiger partial charge < -0.3 is 4.98 Å². The Kier molecular flexibility index (Phi) is 5.40. The van der Waals surface area contributed by atoms with Gasteiger partial charge in [-0.1, -0.05) is 42.5 Å². The van der Waals surface area contributed by atoms with Crippen LogP contribution in [-0.2, 0) is 6.54 Å². The number of nitrogens with zero attached hydrogens (tertiary/aromatic N) is 2. The summed E-state index contributed by atoms with van der Waals surface area (Å²) in [7, 11) is 0. The summed E-state index contributed by atoms with van der Waals surface area (Å²) in [5.41, 5.74) is 6.08. The van der Waals surface area contributed by atoms with E-state index in [0.29, 0.717) is 11.7 Å². The van der Waals surface area contributed by atoms with E-state index < -0.39 is 0 Å². The summed E-state index contributed by atoms with van der Waals surface area (Å²) in [4.78, 5) is 21.6. The van der Waals surface area contributed by atoms with Crippen LogP contribution >= 0.6 is 0 Å². The summed E-state index contributed by atoms with van der Waals surface area (Å²) < 4.78 is 0. The lowest BCUT2D eigenvalue weighted by Crippen LogP contribution is -2.34. The first-order valence-electron chi connectivity index (χ1n) is 10.0. The number of hydrogen-bond donors (Lipinski definition) is 1. The molecule has 1 unspecified atom stereocenters. The molecular formula is C24H27N3O. The van der Waals surface area contributed by atoms with E-state index in [1.807, 2.05) is 6.92 Å². The topological polar surface area (TPSA) is 49.0 Å². The highest BCUT2D eigenvalue weighted by Gasteiger charge is 2.23. The third-order valence-corrected chi connectivity index (χ3v) is 5.59. The molecule has 2 aromatic carbocycles. The van der Waals surface area contributed by atoms with Crippen molar-refractivity contribution in [3.63, 3.8) is 0 Å². The summed E-state index contributed by atoms with van der Waals surface area (Å²) in [5, 5.41) is 0. The molecule has 1 aliphatic rings. The van der Waals surface area contributed by atoms with Gasteiger partial charge in [-0.3, -0.25) is 9.69 Å². The van der Waals surface area contributed by atoms with Crippen molar-refractivity contribution in [3.05, 3.63) is 87.6 Å². The molecule has 0 bridgehead atoms. The predicted octanol–water partition coefficient (Wildman–Crippen LogP) is 4.43. The van der Waals surface area contributed by atoms with Gasteiger partial charge in [-0.05, 0) is 61.6 Å². The first-order chi connectivity index (χ1) is 13.6. The molecule has 0 radical (unpaired) electrons. The summed E-state index contributed by atoms with van der Waals surface area (Å²) >= 11 is 0. The quantitative estimate of drug-likeness (QED) is 0.736. The minimum Gasteiger partial charge on any atom is -0.311 e. The Bertz CT molecular complexity index is 1020. The van der Waals surface area contributed by atoms with Gasteiger partial charge in [-0.25, -0.2) is 4.98 Å². The molecule has 1 fully saturated rings. The maximum absolute atomic E-state index is 11.8. The zero-order valence-corrected chi connectivity index (χ0v) is 16.6. The lowest BCUT2D eigenvalue weighted by Gasteiger charge is -2.32. The average Bonchev–Trinajstić information content (AvgIpc) is 2.68. The molecule has 0 spiro atoms. The lowest BCUT2D eigenvalue weighted by atomic mass is 9.93. The fourth-order valence-corrected chi connectivity index (χ4v) is 4.24. The molecule has 1 N–H and O–H groups in total. The summed E-state index contributed by atoms with van der Waals surface area (Å²) in [6, 6.07) is 19.1. The number of hydrogen-bond acceptors (Lipinski definition) is 3. The molecule has 0 aliphatic carbocycles. The van der Waals surface area contributed by atoms with Crippen LogP contribution < -0.4 is 5.56 Å². The van der Waals surface area contributed by atoms with Crippen molar-refractivity contribution in [1.29, 1.82) is 0 Å². The largest absolute Gasteiger partial charge is 0.311 e. The van der Waals surface area contributed by atoms with Crippen molar-refractivity contribution in [1.82, 2.24) is 14.9 Å². The Labute approximate surface area is 166 Å². The highest BCUT2D eigenvalue weighted by atomic mass is 16.1. The fraction of sp³-hybridized carbons (Fsp3) is 0.333. The van der Waals surface area contributed by atoms with Gasteiger partial charge >= 0.3 is 0 Å². The average molecular weight is 374 g/mol. The first kappa shape index (κ1) is 18.6. The molecule has 1 aliphatic heterocycles. The third kappa shape index (κ3) is 4.23. The van der Waals surface area contributed by atoms with E-state index >= 15 is 0 Å². The van der Waals surface area contributed by atoms with Gasteiger partial charge in [0.2, 0.25) is 0 Å². The van der Waals surface area contributed by atoms with Crippen molar-refractivity contribution in [2.75, 3.05) is 13.1 Å². The zero-order chi connectivity index (χ0) is 19.5. The lowest BCUT2D eigenvalue weighted by molar-refractivity contribution is 0.198. The number of likely N-dealkylation sites (tertiary alicyclic amines) is 1. The number of piperidine rings is 1. The summed E-state index contributed by atoms with van der Waals surface area (Å²) in [5.74, 6) is 1.03.